The van der Waals surface area contributed by atoms with E-state index in [1.54, 1.807) is 49.8 Å². The lowest BCUT2D eigenvalue weighted by Gasteiger charge is -2.38. The molecule has 87 heavy (non-hydrogen) atoms. The number of carbonyl (C=O) groups is 5. The van der Waals surface area contributed by atoms with Crippen LogP contribution in [-0.2, 0) is 51.2 Å². The molecule has 0 aliphatic carbocycles. The molecule has 5 amide bonds. The molecule has 23 nitrogen and oxygen atoms in total. The van der Waals surface area contributed by atoms with Crippen molar-refractivity contribution in [2.24, 2.45) is 10.9 Å². The fourth-order valence-electron chi connectivity index (χ4n) is 11.7. The molecule has 1 unspecified atom stereocenters. The number of fused-ring (bicyclic) bond motifs is 8. The number of piperidine rings is 1. The van der Waals surface area contributed by atoms with Crippen molar-refractivity contribution < 1.29 is 51.7 Å². The molecule has 4 aromatic rings. The maximum atomic E-state index is 14.7. The van der Waals surface area contributed by atoms with Gasteiger partial charge in [-0.25, -0.2) is 18.7 Å². The van der Waals surface area contributed by atoms with Crippen molar-refractivity contribution in [1.82, 2.24) is 50.4 Å². The zero-order valence-electron chi connectivity index (χ0n) is 49.6. The fourth-order valence-corrected chi connectivity index (χ4v) is 13.0. The number of nitriles is 1. The number of nitrogens with zero attached hydrogens (tertiary/aromatic N) is 10. The molecule has 2 bridgehead atoms. The first-order valence-electron chi connectivity index (χ1n) is 29.9. The van der Waals surface area contributed by atoms with Gasteiger partial charge in [0.15, 0.2) is 11.6 Å². The lowest BCUT2D eigenvalue weighted by molar-refractivity contribution is -0.140. The van der Waals surface area contributed by atoms with Gasteiger partial charge in [-0.15, -0.1) is 11.8 Å². The normalized spacial score (nSPS) is 19.3. The van der Waals surface area contributed by atoms with E-state index in [1.165, 1.54) is 46.1 Å². The maximum Gasteiger partial charge on any atom is 0.254 e. The minimum Gasteiger partial charge on any atom is -0.381 e. The molecule has 466 valence electrons. The Kier molecular flexibility index (Phi) is 22.4. The molecule has 5 aliphatic heterocycles. The molecule has 2 aromatic heterocycles. The first-order valence-corrected chi connectivity index (χ1v) is 30.9. The molecule has 0 radical (unpaired) electrons. The third-order valence-corrected chi connectivity index (χ3v) is 17.7. The number of likely N-dealkylation sites (N-methyl/N-ethyl adjacent to an activating group) is 1. The van der Waals surface area contributed by atoms with E-state index in [2.05, 4.69) is 33.6 Å². The predicted octanol–water partition coefficient (Wildman–Crippen LogP) is 4.51. The van der Waals surface area contributed by atoms with Crippen molar-refractivity contribution in [2.75, 3.05) is 116 Å². The second kappa shape index (κ2) is 30.5. The Morgan fingerprint density at radius 3 is 2.25 bits per heavy atom. The van der Waals surface area contributed by atoms with Crippen LogP contribution in [0.1, 0.15) is 97.2 Å². The second-order valence-corrected chi connectivity index (χ2v) is 23.3. The van der Waals surface area contributed by atoms with Gasteiger partial charge in [0, 0.05) is 57.5 Å². The third kappa shape index (κ3) is 15.8. The molecular weight excluding hydrogens is 1140 g/mol. The number of aliphatic imine (C=N–C) groups is 1. The van der Waals surface area contributed by atoms with Gasteiger partial charge in [-0.1, -0.05) is 18.7 Å². The molecule has 5 atom stereocenters. The van der Waals surface area contributed by atoms with Gasteiger partial charge >= 0.3 is 0 Å². The summed E-state index contributed by atoms with van der Waals surface area (Å²) in [5.41, 5.74) is 10.2. The predicted molar refractivity (Wildman–Crippen MR) is 323 cm³/mol. The highest BCUT2D eigenvalue weighted by Crippen LogP contribution is 2.41. The van der Waals surface area contributed by atoms with Gasteiger partial charge in [0.25, 0.3) is 5.91 Å². The summed E-state index contributed by atoms with van der Waals surface area (Å²) in [4.78, 5) is 89.2. The molecule has 9 rings (SSSR count). The van der Waals surface area contributed by atoms with Gasteiger partial charge in [0.05, 0.1) is 125 Å². The number of hydrogen-bond acceptors (Lipinski definition) is 18. The number of nitrogen functional groups attached to an aromatic ring is 1. The number of amides is 5. The first kappa shape index (κ1) is 64.1. The Hall–Kier alpha value is -7.41. The number of ether oxygens (including phenoxy) is 4. The van der Waals surface area contributed by atoms with Crippen molar-refractivity contribution in [1.29, 1.82) is 5.26 Å². The van der Waals surface area contributed by atoms with Crippen molar-refractivity contribution in [2.45, 2.75) is 102 Å². The summed E-state index contributed by atoms with van der Waals surface area (Å²) < 4.78 is 52.3. The number of benzene rings is 2. The Morgan fingerprint density at radius 2 is 1.55 bits per heavy atom. The summed E-state index contributed by atoms with van der Waals surface area (Å²) in [7, 11) is 3.32. The number of hydrogen-bond donors (Lipinski definition) is 4. The topological polar surface area (TPSA) is 277 Å². The van der Waals surface area contributed by atoms with Crippen LogP contribution in [0.5, 0.6) is 0 Å². The van der Waals surface area contributed by atoms with Crippen LogP contribution in [0.2, 0.25) is 0 Å². The first-order chi connectivity index (χ1) is 42.1. The molecule has 5 aliphatic rings. The van der Waals surface area contributed by atoms with Crippen LogP contribution in [0.4, 0.5) is 20.4 Å². The molecule has 5 N–H and O–H groups in total. The van der Waals surface area contributed by atoms with E-state index in [4.69, 9.17) is 39.8 Å². The van der Waals surface area contributed by atoms with Crippen molar-refractivity contribution in [3.63, 3.8) is 0 Å². The quantitative estimate of drug-likeness (QED) is 0.0630. The number of nitrogens with one attached hydrogen (secondary N) is 3. The summed E-state index contributed by atoms with van der Waals surface area (Å²) in [6.07, 6.45) is 5.84. The number of halogens is 2. The van der Waals surface area contributed by atoms with Crippen molar-refractivity contribution >= 4 is 63.6 Å². The van der Waals surface area contributed by atoms with Gasteiger partial charge in [-0.3, -0.25) is 33.6 Å². The summed E-state index contributed by atoms with van der Waals surface area (Å²) in [6, 6.07) is 10.6. The number of rotatable bonds is 26. The SMILES string of the molecule is C=C(c1ccc(F)cc1)C1CSC([C@H]2CCCN2C(=O)[C@H](NC(=O)[C@@H](C)NC)C2CCN(C(=O)CCOCCOCCOCCOCCC(=O)NCCn3nc4c(c3C#N)-c3cnc(N)c(n3)N3CCC[C@@H]3c3cc(F)ccc3C(=O)N(C)C4)CC2)=N1. The standard InChI is InChI=1S/C61H78F2N14O9S/c1-38(40-9-11-42(62)12-10-40)48-37-87-59(70-48)50-8-6-21-76(50)61(82)55(71-58(80)39(2)66-3)41-15-22-74(23-16-41)53(79)18-26-84-28-30-86-32-31-85-29-27-83-25-17-52(78)67-19-24-77-51(34-64)54-46-35-68-56(65)57(69-46)75-20-5-7-49(75)45-33-43(63)13-14-44(45)60(81)73(4)36-47(54)72-77/h9-14,33,35,39,41,48-50,55,66H,1,5-8,15-32,36-37H2,2-4H3,(H2,65,68)(H,67,78)(H,71,80)/t39-,48?,49-,50-,55-/m1/s1. The minimum atomic E-state index is -0.759. The number of likely N-dealkylation sites (tertiary alicyclic amines) is 2. The summed E-state index contributed by atoms with van der Waals surface area (Å²) >= 11 is 1.62. The van der Waals surface area contributed by atoms with Gasteiger partial charge in [0.2, 0.25) is 23.6 Å². The molecule has 0 spiro atoms. The Morgan fingerprint density at radius 1 is 0.885 bits per heavy atom. The molecular formula is C61H78F2N14O9S. The third-order valence-electron chi connectivity index (χ3n) is 16.6. The number of carbonyl (C=O) groups excluding carboxylic acids is 5. The van der Waals surface area contributed by atoms with Gasteiger partial charge in [-0.2, -0.15) is 10.4 Å². The van der Waals surface area contributed by atoms with E-state index in [0.29, 0.717) is 118 Å². The lowest BCUT2D eigenvalue weighted by Crippen LogP contribution is -2.58. The summed E-state index contributed by atoms with van der Waals surface area (Å²) in [5.74, 6) is -0.772. The van der Waals surface area contributed by atoms with Crippen LogP contribution in [0.3, 0.4) is 0 Å². The van der Waals surface area contributed by atoms with Gasteiger partial charge in [-0.05, 0) is 105 Å². The number of anilines is 2. The van der Waals surface area contributed by atoms with E-state index < -0.39 is 17.9 Å². The highest BCUT2D eigenvalue weighted by molar-refractivity contribution is 8.14. The number of nitrogens with two attached hydrogens (primary N) is 1. The van der Waals surface area contributed by atoms with E-state index in [1.807, 2.05) is 9.80 Å². The largest absolute Gasteiger partial charge is 0.381 e. The van der Waals surface area contributed by atoms with Gasteiger partial charge < -0.3 is 60.2 Å². The van der Waals surface area contributed by atoms with Crippen LogP contribution in [-0.4, -0.2) is 199 Å². The van der Waals surface area contributed by atoms with E-state index in [0.717, 1.165) is 35.4 Å². The van der Waals surface area contributed by atoms with Crippen LogP contribution in [0.15, 0.2) is 60.2 Å². The maximum absolute atomic E-state index is 14.7. The van der Waals surface area contributed by atoms with Crippen molar-refractivity contribution in [3.05, 3.63) is 95.0 Å². The Bertz CT molecular complexity index is 3190. The van der Waals surface area contributed by atoms with E-state index in [-0.39, 0.29) is 123 Å². The molecule has 7 heterocycles. The Balaban J connectivity index is 0.633. The van der Waals surface area contributed by atoms with E-state index in [9.17, 15) is 38.0 Å². The lowest BCUT2D eigenvalue weighted by atomic mass is 9.88. The number of aromatic nitrogens is 4. The minimum absolute atomic E-state index is 0.00497. The molecule has 3 saturated heterocycles. The van der Waals surface area contributed by atoms with Crippen LogP contribution >= 0.6 is 11.8 Å². The molecule has 26 heteroatoms. The highest BCUT2D eigenvalue weighted by atomic mass is 32.2. The Labute approximate surface area is 509 Å². The average molecular weight is 1220 g/mol. The van der Waals surface area contributed by atoms with Crippen LogP contribution in [0.25, 0.3) is 16.8 Å². The fraction of sp³-hybridized carbons (Fsp3) is 0.541. The zero-order valence-corrected chi connectivity index (χ0v) is 50.5. The molecule has 3 fully saturated rings. The number of thioether (sulfide) groups is 1. The van der Waals surface area contributed by atoms with Crippen molar-refractivity contribution in [3.8, 4) is 17.3 Å². The average Bonchev–Trinajstić information content (AvgIpc) is 1.92. The summed E-state index contributed by atoms with van der Waals surface area (Å²) in [6.45, 7) is 10.5. The molecule has 2 aromatic carbocycles. The smallest absolute Gasteiger partial charge is 0.254 e. The summed E-state index contributed by atoms with van der Waals surface area (Å²) in [5, 5.41) is 24.9. The second-order valence-electron chi connectivity index (χ2n) is 22.2. The van der Waals surface area contributed by atoms with Crippen LogP contribution in [0, 0.1) is 28.9 Å². The van der Waals surface area contributed by atoms with E-state index >= 15 is 0 Å². The molecule has 0 saturated carbocycles. The van der Waals surface area contributed by atoms with Crippen LogP contribution < -0.4 is 26.6 Å². The zero-order chi connectivity index (χ0) is 61.6. The highest BCUT2D eigenvalue weighted by Gasteiger charge is 2.43. The van der Waals surface area contributed by atoms with Gasteiger partial charge in [0.1, 0.15) is 29.4 Å². The monoisotopic (exact) mass is 1220 g/mol.